The fourth-order valence-electron chi connectivity index (χ4n) is 1.30. The zero-order chi connectivity index (χ0) is 14.3. The van der Waals surface area contributed by atoms with Crippen molar-refractivity contribution in [1.29, 1.82) is 0 Å². The quantitative estimate of drug-likeness (QED) is 0.660. The number of carbonyl (C=O) groups is 1. The van der Waals surface area contributed by atoms with E-state index in [2.05, 4.69) is 0 Å². The molecule has 18 heavy (non-hydrogen) atoms. The van der Waals surface area contributed by atoms with E-state index >= 15 is 0 Å². The molecule has 0 bridgehead atoms. The van der Waals surface area contributed by atoms with Gasteiger partial charge in [-0.15, -0.1) is 0 Å². The molecular weight excluding hydrogens is 232 g/mol. The van der Waals surface area contributed by atoms with Crippen LogP contribution in [0.2, 0.25) is 0 Å². The highest BCUT2D eigenvalue weighted by atomic mass is 16.6. The molecular formula is C14H28O4. The second-order valence-corrected chi connectivity index (χ2v) is 6.00. The monoisotopic (exact) mass is 260 g/mol. The molecule has 108 valence electrons. The Balaban J connectivity index is 3.78. The lowest BCUT2D eigenvalue weighted by molar-refractivity contribution is -0.161. The molecule has 0 aliphatic heterocycles. The number of hydrogen-bond acceptors (Lipinski definition) is 4. The summed E-state index contributed by atoms with van der Waals surface area (Å²) in [4.78, 5) is 11.6. The highest BCUT2D eigenvalue weighted by Gasteiger charge is 2.24. The first kappa shape index (κ1) is 17.4. The van der Waals surface area contributed by atoms with Crippen molar-refractivity contribution in [1.82, 2.24) is 0 Å². The third-order valence-corrected chi connectivity index (χ3v) is 2.13. The number of esters is 1. The topological polar surface area (TPSA) is 44.8 Å². The zero-order valence-electron chi connectivity index (χ0n) is 12.8. The van der Waals surface area contributed by atoms with Crippen molar-refractivity contribution in [3.8, 4) is 0 Å². The van der Waals surface area contributed by atoms with Crippen LogP contribution in [-0.4, -0.2) is 37.5 Å². The molecule has 0 N–H and O–H groups in total. The van der Waals surface area contributed by atoms with E-state index in [1.54, 1.807) is 0 Å². The van der Waals surface area contributed by atoms with Gasteiger partial charge in [-0.2, -0.15) is 0 Å². The van der Waals surface area contributed by atoms with Crippen LogP contribution in [0.25, 0.3) is 0 Å². The fraction of sp³-hybridized carbons (Fsp3) is 0.929. The van der Waals surface area contributed by atoms with Gasteiger partial charge in [-0.3, -0.25) is 4.79 Å². The first-order valence-corrected chi connectivity index (χ1v) is 6.57. The van der Waals surface area contributed by atoms with E-state index in [4.69, 9.17) is 14.2 Å². The Morgan fingerprint density at radius 3 is 1.94 bits per heavy atom. The number of hydrogen-bond donors (Lipinski definition) is 0. The van der Waals surface area contributed by atoms with E-state index in [-0.39, 0.29) is 24.3 Å². The van der Waals surface area contributed by atoms with Crippen molar-refractivity contribution < 1.29 is 19.0 Å². The molecule has 0 aromatic rings. The number of carbonyl (C=O) groups excluding carboxylic acids is 1. The molecule has 4 heteroatoms. The summed E-state index contributed by atoms with van der Waals surface area (Å²) in [6, 6.07) is 0. The van der Waals surface area contributed by atoms with E-state index < -0.39 is 5.41 Å². The smallest absolute Gasteiger partial charge is 0.311 e. The van der Waals surface area contributed by atoms with Crippen molar-refractivity contribution in [2.24, 2.45) is 5.41 Å². The van der Waals surface area contributed by atoms with Crippen LogP contribution in [0, 0.1) is 5.41 Å². The summed E-state index contributed by atoms with van der Waals surface area (Å²) in [6.07, 6.45) is 0.0123. The SMILES string of the molecule is CC(C)OC(C)COCC(C)OC(=O)C(C)(C)C. The average Bonchev–Trinajstić information content (AvgIpc) is 2.14. The lowest BCUT2D eigenvalue weighted by Crippen LogP contribution is -2.30. The first-order valence-electron chi connectivity index (χ1n) is 6.57. The van der Waals surface area contributed by atoms with Gasteiger partial charge in [-0.05, 0) is 48.5 Å². The van der Waals surface area contributed by atoms with Crippen molar-refractivity contribution in [2.75, 3.05) is 13.2 Å². The van der Waals surface area contributed by atoms with Crippen molar-refractivity contribution in [2.45, 2.75) is 66.8 Å². The summed E-state index contributed by atoms with van der Waals surface area (Å²) < 4.78 is 16.3. The Labute approximate surface area is 111 Å². The third kappa shape index (κ3) is 8.48. The van der Waals surface area contributed by atoms with Crippen LogP contribution in [0.1, 0.15) is 48.5 Å². The van der Waals surface area contributed by atoms with Crippen LogP contribution in [0.15, 0.2) is 0 Å². The molecule has 0 aliphatic carbocycles. The van der Waals surface area contributed by atoms with Gasteiger partial charge in [0.1, 0.15) is 6.10 Å². The summed E-state index contributed by atoms with van der Waals surface area (Å²) in [5.74, 6) is -0.204. The maximum atomic E-state index is 11.6. The highest BCUT2D eigenvalue weighted by Crippen LogP contribution is 2.16. The molecule has 0 spiro atoms. The minimum Gasteiger partial charge on any atom is -0.460 e. The molecule has 0 aromatic carbocycles. The molecule has 0 heterocycles. The molecule has 0 saturated heterocycles. The van der Waals surface area contributed by atoms with E-state index in [0.717, 1.165) is 0 Å². The van der Waals surface area contributed by atoms with E-state index in [9.17, 15) is 4.79 Å². The molecule has 4 nitrogen and oxygen atoms in total. The van der Waals surface area contributed by atoms with Gasteiger partial charge in [0.2, 0.25) is 0 Å². The Hall–Kier alpha value is -0.610. The third-order valence-electron chi connectivity index (χ3n) is 2.13. The molecule has 2 unspecified atom stereocenters. The zero-order valence-corrected chi connectivity index (χ0v) is 12.8. The molecule has 0 fully saturated rings. The van der Waals surface area contributed by atoms with Gasteiger partial charge in [-0.1, -0.05) is 0 Å². The van der Waals surface area contributed by atoms with Gasteiger partial charge in [0.15, 0.2) is 0 Å². The van der Waals surface area contributed by atoms with Crippen LogP contribution >= 0.6 is 0 Å². The molecule has 0 aromatic heterocycles. The molecule has 0 rings (SSSR count). The van der Waals surface area contributed by atoms with Gasteiger partial charge >= 0.3 is 5.97 Å². The predicted molar refractivity (Wildman–Crippen MR) is 71.5 cm³/mol. The Bertz CT molecular complexity index is 243. The van der Waals surface area contributed by atoms with Gasteiger partial charge < -0.3 is 14.2 Å². The van der Waals surface area contributed by atoms with Gasteiger partial charge in [0, 0.05) is 0 Å². The Morgan fingerprint density at radius 2 is 1.50 bits per heavy atom. The summed E-state index contributed by atoms with van der Waals surface area (Å²) in [5, 5.41) is 0. The maximum absolute atomic E-state index is 11.6. The summed E-state index contributed by atoms with van der Waals surface area (Å²) in [5.41, 5.74) is -0.470. The van der Waals surface area contributed by atoms with Gasteiger partial charge in [0.05, 0.1) is 30.8 Å². The van der Waals surface area contributed by atoms with Crippen molar-refractivity contribution in [3.63, 3.8) is 0 Å². The largest absolute Gasteiger partial charge is 0.460 e. The maximum Gasteiger partial charge on any atom is 0.311 e. The summed E-state index contributed by atoms with van der Waals surface area (Å²) >= 11 is 0. The van der Waals surface area contributed by atoms with Crippen LogP contribution in [0.4, 0.5) is 0 Å². The summed E-state index contributed by atoms with van der Waals surface area (Å²) in [7, 11) is 0. The fourth-order valence-corrected chi connectivity index (χ4v) is 1.30. The lowest BCUT2D eigenvalue weighted by atomic mass is 9.97. The van der Waals surface area contributed by atoms with E-state index in [1.165, 1.54) is 0 Å². The highest BCUT2D eigenvalue weighted by molar-refractivity contribution is 5.75. The average molecular weight is 260 g/mol. The molecule has 2 atom stereocenters. The lowest BCUT2D eigenvalue weighted by Gasteiger charge is -2.22. The minimum atomic E-state index is -0.470. The van der Waals surface area contributed by atoms with Gasteiger partial charge in [-0.25, -0.2) is 0 Å². The second-order valence-electron chi connectivity index (χ2n) is 6.00. The van der Waals surface area contributed by atoms with Crippen LogP contribution in [0.5, 0.6) is 0 Å². The Morgan fingerprint density at radius 1 is 1.00 bits per heavy atom. The normalized spacial score (nSPS) is 15.6. The summed E-state index contributed by atoms with van der Waals surface area (Å²) in [6.45, 7) is 14.2. The van der Waals surface area contributed by atoms with Crippen LogP contribution in [-0.2, 0) is 19.0 Å². The van der Waals surface area contributed by atoms with Gasteiger partial charge in [0.25, 0.3) is 0 Å². The second kappa shape index (κ2) is 7.74. The molecule has 0 radical (unpaired) electrons. The van der Waals surface area contributed by atoms with Crippen molar-refractivity contribution in [3.05, 3.63) is 0 Å². The van der Waals surface area contributed by atoms with Crippen LogP contribution < -0.4 is 0 Å². The number of rotatable bonds is 7. The Kier molecular flexibility index (Phi) is 7.48. The number of ether oxygens (including phenoxy) is 3. The molecule has 0 aliphatic rings. The first-order chi connectivity index (χ1) is 8.12. The predicted octanol–water partition coefficient (Wildman–Crippen LogP) is 2.79. The van der Waals surface area contributed by atoms with E-state index in [1.807, 2.05) is 48.5 Å². The molecule has 0 amide bonds. The van der Waals surface area contributed by atoms with Crippen molar-refractivity contribution >= 4 is 5.97 Å². The standard InChI is InChI=1S/C14H28O4/c1-10(2)17-11(3)8-16-9-12(4)18-13(15)14(5,6)7/h10-12H,8-9H2,1-7H3. The van der Waals surface area contributed by atoms with E-state index in [0.29, 0.717) is 13.2 Å². The molecule has 0 saturated carbocycles. The van der Waals surface area contributed by atoms with Crippen LogP contribution in [0.3, 0.4) is 0 Å². The minimum absolute atomic E-state index is 0.0514.